The molecule has 0 saturated carbocycles. The van der Waals surface area contributed by atoms with E-state index >= 15 is 0 Å². The van der Waals surface area contributed by atoms with E-state index in [1.807, 2.05) is 0 Å². The molecule has 1 aromatic rings. The van der Waals surface area contributed by atoms with Gasteiger partial charge in [-0.2, -0.15) is 0 Å². The Morgan fingerprint density at radius 2 is 1.52 bits per heavy atom. The smallest absolute Gasteiger partial charge is 0.410 e. The van der Waals surface area contributed by atoms with Gasteiger partial charge < -0.3 is 46.6 Å². The number of carboxylic acids is 1. The number of alkyl halides is 4. The number of para-hydroxylation sites is 1. The number of carbonyl (C=O) groups is 5. The van der Waals surface area contributed by atoms with Crippen molar-refractivity contribution in [1.29, 1.82) is 0 Å². The van der Waals surface area contributed by atoms with E-state index in [-0.39, 0.29) is 43.7 Å². The van der Waals surface area contributed by atoms with Crippen LogP contribution in [0.25, 0.3) is 0 Å². The molecule has 2 unspecified atom stereocenters. The maximum absolute atomic E-state index is 13.0. The normalized spacial score (nSPS) is 13.5. The van der Waals surface area contributed by atoms with E-state index in [9.17, 15) is 41.5 Å². The van der Waals surface area contributed by atoms with E-state index in [2.05, 4.69) is 14.8 Å². The van der Waals surface area contributed by atoms with Crippen LogP contribution >= 0.6 is 0 Å². The Kier molecular flexibility index (Phi) is 16.6. The first kappa shape index (κ1) is 38.0. The van der Waals surface area contributed by atoms with Crippen LogP contribution in [0.5, 0.6) is 5.75 Å². The average molecular weight is 615 g/mol. The maximum atomic E-state index is 13.0. The molecule has 0 aliphatic carbocycles. The molecule has 8 N–H and O–H groups in total. The number of alkyl carbamates (subject to hydrolysis) is 1. The second-order valence-corrected chi connectivity index (χ2v) is 8.47. The first-order valence-electron chi connectivity index (χ1n) is 12.1. The van der Waals surface area contributed by atoms with Crippen LogP contribution in [0.3, 0.4) is 0 Å². The van der Waals surface area contributed by atoms with Gasteiger partial charge in [-0.15, -0.1) is 0 Å². The molecular formula is C24H34F4N4O10. The van der Waals surface area contributed by atoms with Crippen LogP contribution in [0.15, 0.2) is 24.3 Å². The lowest BCUT2D eigenvalue weighted by molar-refractivity contribution is -0.154. The quantitative estimate of drug-likeness (QED) is 0.0614. The largest absolute Gasteiger partial charge is 0.480 e. The Morgan fingerprint density at radius 1 is 0.952 bits per heavy atom. The predicted molar refractivity (Wildman–Crippen MR) is 136 cm³/mol. The number of hydrogen-bond acceptors (Lipinski definition) is 12. The van der Waals surface area contributed by atoms with Crippen LogP contribution < -0.4 is 27.3 Å². The van der Waals surface area contributed by atoms with E-state index in [0.29, 0.717) is 0 Å². The van der Waals surface area contributed by atoms with Crippen LogP contribution in [0.2, 0.25) is 0 Å². The summed E-state index contributed by atoms with van der Waals surface area (Å²) in [4.78, 5) is 56.3. The molecular weight excluding hydrogens is 580 g/mol. The summed E-state index contributed by atoms with van der Waals surface area (Å²) in [6.07, 6.45) is -7.86. The summed E-state index contributed by atoms with van der Waals surface area (Å²) < 4.78 is 68.7. The third-order valence-corrected chi connectivity index (χ3v) is 5.31. The molecule has 0 bridgehead atoms. The fourth-order valence-electron chi connectivity index (χ4n) is 2.91. The molecule has 0 aliphatic heterocycles. The lowest BCUT2D eigenvalue weighted by Crippen LogP contribution is -2.55. The number of benzene rings is 1. The number of hydrogen-bond donors (Lipinski definition) is 5. The van der Waals surface area contributed by atoms with Gasteiger partial charge in [0.05, 0.1) is 7.11 Å². The van der Waals surface area contributed by atoms with Crippen LogP contribution in [0.4, 0.5) is 22.4 Å². The van der Waals surface area contributed by atoms with Crippen molar-refractivity contribution in [3.05, 3.63) is 29.8 Å². The third kappa shape index (κ3) is 12.2. The minimum absolute atomic E-state index is 0.0191. The van der Waals surface area contributed by atoms with Crippen molar-refractivity contribution in [2.45, 2.75) is 56.5 Å². The first-order valence-corrected chi connectivity index (χ1v) is 12.1. The van der Waals surface area contributed by atoms with E-state index in [1.165, 1.54) is 18.2 Å². The van der Waals surface area contributed by atoms with Gasteiger partial charge in [0.25, 0.3) is 12.9 Å². The van der Waals surface area contributed by atoms with Crippen LogP contribution in [-0.2, 0) is 28.6 Å². The summed E-state index contributed by atoms with van der Waals surface area (Å²) in [5.74, 6) is -4.50. The summed E-state index contributed by atoms with van der Waals surface area (Å²) in [7, 11) is 0.938. The molecule has 1 aromatic carbocycles. The van der Waals surface area contributed by atoms with Crippen molar-refractivity contribution in [2.24, 2.45) is 17.2 Å². The highest BCUT2D eigenvalue weighted by Gasteiger charge is 2.44. The van der Waals surface area contributed by atoms with Crippen LogP contribution in [-0.4, -0.2) is 86.0 Å². The Bertz CT molecular complexity index is 1070. The van der Waals surface area contributed by atoms with Gasteiger partial charge in [-0.05, 0) is 44.4 Å². The molecule has 18 heteroatoms. The van der Waals surface area contributed by atoms with E-state index in [4.69, 9.17) is 31.8 Å². The highest BCUT2D eigenvalue weighted by atomic mass is 19.3. The molecule has 0 aromatic heterocycles. The number of amides is 1. The van der Waals surface area contributed by atoms with Crippen molar-refractivity contribution < 1.29 is 65.6 Å². The first-order chi connectivity index (χ1) is 19.6. The maximum Gasteiger partial charge on any atom is 0.410 e. The van der Waals surface area contributed by atoms with E-state index in [1.54, 1.807) is 6.07 Å². The highest BCUT2D eigenvalue weighted by molar-refractivity contribution is 5.93. The summed E-state index contributed by atoms with van der Waals surface area (Å²) in [5, 5.41) is 10.6. The number of nitrogens with one attached hydrogen (secondary N) is 1. The zero-order valence-electron chi connectivity index (χ0n) is 22.8. The average Bonchev–Trinajstić information content (AvgIpc) is 2.93. The fourth-order valence-corrected chi connectivity index (χ4v) is 2.91. The summed E-state index contributed by atoms with van der Waals surface area (Å²) in [6, 6.07) is 5.80. The molecule has 14 nitrogen and oxygen atoms in total. The zero-order valence-corrected chi connectivity index (χ0v) is 22.8. The number of carbonyl (C=O) groups excluding carboxylic acids is 4. The van der Waals surface area contributed by atoms with Crippen molar-refractivity contribution in [3.63, 3.8) is 0 Å². The summed E-state index contributed by atoms with van der Waals surface area (Å²) >= 11 is 0. The number of aliphatic carboxylic acids is 1. The molecule has 238 valence electrons. The molecule has 0 heterocycles. The molecule has 0 saturated heterocycles. The predicted octanol–water partition coefficient (Wildman–Crippen LogP) is 1.14. The number of carboxylic acid groups (broad SMARTS) is 1. The Labute approximate surface area is 237 Å². The molecule has 42 heavy (non-hydrogen) atoms. The van der Waals surface area contributed by atoms with Gasteiger partial charge in [0.1, 0.15) is 11.3 Å². The SMILES string of the molecule is COC(=O)C(N)(CCCNC(=O)OCOC(=O)c1ccccc1OC(C)=O)C(F)F.NCCCC(N)(C(=O)O)C(F)F. The number of ether oxygens (including phenoxy) is 4. The monoisotopic (exact) mass is 614 g/mol. The molecule has 0 aliphatic rings. The van der Waals surface area contributed by atoms with Crippen molar-refractivity contribution in [3.8, 4) is 5.75 Å². The third-order valence-electron chi connectivity index (χ3n) is 5.31. The molecule has 0 spiro atoms. The summed E-state index contributed by atoms with van der Waals surface area (Å²) in [5.41, 5.74) is 10.4. The fraction of sp³-hybridized carbons (Fsp3) is 0.542. The molecule has 2 atom stereocenters. The minimum atomic E-state index is -3.15. The Morgan fingerprint density at radius 3 is 2.02 bits per heavy atom. The standard InChI is InChI=1S/C18H22F2N2O8.C6H12F2N2O2/c1-11(23)30-13-7-4-3-6-12(13)14(24)28-10-29-17(26)22-9-5-8-18(21,15(19)20)16(25)27-2;7-4(8)6(10,5(11)12)2-1-3-9/h3-4,6-7,15H,5,8-10,21H2,1-2H3,(H,22,26);4H,1-3,9-10H2,(H,11,12). The number of rotatable bonds is 15. The second-order valence-electron chi connectivity index (χ2n) is 8.47. The minimum Gasteiger partial charge on any atom is -0.480 e. The molecule has 0 fully saturated rings. The second kappa shape index (κ2) is 18.4. The van der Waals surface area contributed by atoms with Crippen molar-refractivity contribution in [1.82, 2.24) is 5.32 Å². The number of esters is 3. The lowest BCUT2D eigenvalue weighted by atomic mass is 9.95. The highest BCUT2D eigenvalue weighted by Crippen LogP contribution is 2.21. The lowest BCUT2D eigenvalue weighted by Gasteiger charge is -2.25. The van der Waals surface area contributed by atoms with Crippen LogP contribution in [0.1, 0.15) is 43.0 Å². The van der Waals surface area contributed by atoms with Gasteiger partial charge in [0, 0.05) is 13.5 Å². The van der Waals surface area contributed by atoms with Gasteiger partial charge in [-0.1, -0.05) is 12.1 Å². The van der Waals surface area contributed by atoms with E-state index in [0.717, 1.165) is 14.0 Å². The van der Waals surface area contributed by atoms with Gasteiger partial charge in [0.2, 0.25) is 6.79 Å². The number of methoxy groups -OCH3 is 1. The Hall–Kier alpha value is -4.03. The van der Waals surface area contributed by atoms with Crippen LogP contribution in [0, 0.1) is 0 Å². The zero-order chi connectivity index (χ0) is 32.5. The van der Waals surface area contributed by atoms with E-state index < -0.39 is 67.1 Å². The van der Waals surface area contributed by atoms with Gasteiger partial charge in [0.15, 0.2) is 11.1 Å². The number of halogens is 4. The molecule has 0 radical (unpaired) electrons. The van der Waals surface area contributed by atoms with Crippen molar-refractivity contribution >= 4 is 30.0 Å². The Balaban J connectivity index is 0.00000118. The topological polar surface area (TPSA) is 233 Å². The van der Waals surface area contributed by atoms with Gasteiger partial charge >= 0.3 is 30.0 Å². The van der Waals surface area contributed by atoms with Gasteiger partial charge in [-0.3, -0.25) is 4.79 Å². The molecule has 1 amide bonds. The molecule has 1 rings (SSSR count). The number of nitrogens with two attached hydrogens (primary N) is 3. The summed E-state index contributed by atoms with van der Waals surface area (Å²) in [6.45, 7) is 0.430. The van der Waals surface area contributed by atoms with Crippen molar-refractivity contribution in [2.75, 3.05) is 27.0 Å². The van der Waals surface area contributed by atoms with Gasteiger partial charge in [-0.25, -0.2) is 36.7 Å².